The average molecular weight is 448 g/mol. The number of hydrogen-bond acceptors (Lipinski definition) is 5. The minimum absolute atomic E-state index is 0.0751. The molecule has 3 aromatic rings. The predicted octanol–water partition coefficient (Wildman–Crippen LogP) is 4.79. The zero-order valence-electron chi connectivity index (χ0n) is 18.8. The lowest BCUT2D eigenvalue weighted by molar-refractivity contribution is -0.119. The number of para-hydroxylation sites is 1. The molecule has 0 heterocycles. The summed E-state index contributed by atoms with van der Waals surface area (Å²) in [6.07, 6.45) is 0. The zero-order valence-corrected chi connectivity index (χ0v) is 18.8. The van der Waals surface area contributed by atoms with Gasteiger partial charge in [0, 0.05) is 29.0 Å². The lowest BCUT2D eigenvalue weighted by atomic mass is 10.2. The molecular weight excluding hydrogens is 418 g/mol. The van der Waals surface area contributed by atoms with Crippen LogP contribution >= 0.6 is 0 Å². The molecule has 172 valence electrons. The van der Waals surface area contributed by atoms with Gasteiger partial charge in [0.1, 0.15) is 24.7 Å². The summed E-state index contributed by atoms with van der Waals surface area (Å²) in [4.78, 5) is 24.2. The number of amides is 2. The number of carbonyl (C=O) groups excluding carboxylic acids is 2. The minimum atomic E-state index is -0.204. The summed E-state index contributed by atoms with van der Waals surface area (Å²) in [5.74, 6) is 1.09. The number of benzene rings is 3. The van der Waals surface area contributed by atoms with Gasteiger partial charge in [-0.25, -0.2) is 0 Å². The van der Waals surface area contributed by atoms with Crippen molar-refractivity contribution in [2.45, 2.75) is 13.8 Å². The molecule has 0 fully saturated rings. The number of carbonyl (C=O) groups is 2. The van der Waals surface area contributed by atoms with Crippen molar-refractivity contribution in [1.29, 1.82) is 0 Å². The van der Waals surface area contributed by atoms with E-state index in [1.165, 1.54) is 0 Å². The average Bonchev–Trinajstić information content (AvgIpc) is 2.82. The zero-order chi connectivity index (χ0) is 23.5. The first kappa shape index (κ1) is 23.7. The molecule has 0 aromatic heterocycles. The van der Waals surface area contributed by atoms with Gasteiger partial charge in [-0.3, -0.25) is 9.59 Å². The van der Waals surface area contributed by atoms with Crippen LogP contribution in [0.3, 0.4) is 0 Å². The lowest BCUT2D eigenvalue weighted by Crippen LogP contribution is -2.22. The molecule has 3 rings (SSSR count). The normalized spacial score (nSPS) is 10.4. The Morgan fingerprint density at radius 1 is 0.727 bits per heavy atom. The first-order valence-corrected chi connectivity index (χ1v) is 10.8. The molecule has 3 aromatic carbocycles. The molecule has 3 N–H and O–H groups in total. The van der Waals surface area contributed by atoms with Crippen LogP contribution < -0.4 is 25.4 Å². The molecule has 0 bridgehead atoms. The quantitative estimate of drug-likeness (QED) is 0.368. The van der Waals surface area contributed by atoms with Gasteiger partial charge in [-0.2, -0.15) is 0 Å². The highest BCUT2D eigenvalue weighted by Gasteiger charge is 2.08. The van der Waals surface area contributed by atoms with Crippen LogP contribution in [0.5, 0.6) is 11.5 Å². The monoisotopic (exact) mass is 447 g/mol. The maximum atomic E-state index is 12.3. The highest BCUT2D eigenvalue weighted by Crippen LogP contribution is 2.18. The van der Waals surface area contributed by atoms with E-state index in [9.17, 15) is 9.59 Å². The summed E-state index contributed by atoms with van der Waals surface area (Å²) < 4.78 is 11.4. The van der Waals surface area contributed by atoms with Crippen LogP contribution in [0.25, 0.3) is 0 Å². The second-order valence-electron chi connectivity index (χ2n) is 7.66. The van der Waals surface area contributed by atoms with E-state index in [0.717, 1.165) is 11.4 Å². The Morgan fingerprint density at radius 3 is 2.06 bits per heavy atom. The molecule has 0 radical (unpaired) electrons. The van der Waals surface area contributed by atoms with E-state index in [2.05, 4.69) is 16.0 Å². The Kier molecular flexibility index (Phi) is 8.71. The van der Waals surface area contributed by atoms with Crippen LogP contribution in [0.4, 0.5) is 17.1 Å². The van der Waals surface area contributed by atoms with Crippen LogP contribution in [-0.4, -0.2) is 31.6 Å². The fraction of sp³-hybridized carbons (Fsp3) is 0.231. The Bertz CT molecular complexity index is 1050. The van der Waals surface area contributed by atoms with Gasteiger partial charge in [-0.15, -0.1) is 0 Å². The number of nitrogens with one attached hydrogen (secondary N) is 3. The molecule has 7 heteroatoms. The van der Waals surface area contributed by atoms with Crippen molar-refractivity contribution in [2.24, 2.45) is 5.92 Å². The van der Waals surface area contributed by atoms with Crippen molar-refractivity contribution < 1.29 is 19.1 Å². The third-order valence-electron chi connectivity index (χ3n) is 4.59. The molecule has 0 aliphatic carbocycles. The smallest absolute Gasteiger partial charge is 0.243 e. The molecule has 0 spiro atoms. The third-order valence-corrected chi connectivity index (χ3v) is 4.59. The van der Waals surface area contributed by atoms with E-state index < -0.39 is 0 Å². The molecule has 33 heavy (non-hydrogen) atoms. The SMILES string of the molecule is CC(C)C(=O)Nc1cccc(NC(=O)CNc2cccc(OCCOc3ccccc3)c2)c1. The number of ether oxygens (including phenoxy) is 2. The van der Waals surface area contributed by atoms with E-state index in [4.69, 9.17) is 9.47 Å². The highest BCUT2D eigenvalue weighted by molar-refractivity contribution is 5.96. The van der Waals surface area contributed by atoms with Gasteiger partial charge in [0.2, 0.25) is 11.8 Å². The fourth-order valence-corrected chi connectivity index (χ4v) is 2.88. The van der Waals surface area contributed by atoms with Gasteiger partial charge in [0.05, 0.1) is 6.54 Å². The van der Waals surface area contributed by atoms with E-state index in [-0.39, 0.29) is 24.3 Å². The number of anilines is 3. The molecule has 0 aliphatic heterocycles. The molecule has 2 amide bonds. The maximum Gasteiger partial charge on any atom is 0.243 e. The molecule has 0 saturated carbocycles. The molecular formula is C26H29N3O4. The summed E-state index contributed by atoms with van der Waals surface area (Å²) in [5.41, 5.74) is 2.02. The largest absolute Gasteiger partial charge is 0.490 e. The van der Waals surface area contributed by atoms with Gasteiger partial charge in [-0.05, 0) is 42.5 Å². The number of rotatable bonds is 11. The second kappa shape index (κ2) is 12.1. The molecule has 0 atom stereocenters. The van der Waals surface area contributed by atoms with Crippen LogP contribution in [0.15, 0.2) is 78.9 Å². The Labute approximate surface area is 194 Å². The van der Waals surface area contributed by atoms with Crippen molar-refractivity contribution in [1.82, 2.24) is 0 Å². The van der Waals surface area contributed by atoms with E-state index in [0.29, 0.717) is 30.3 Å². The van der Waals surface area contributed by atoms with Gasteiger partial charge >= 0.3 is 0 Å². The Balaban J connectivity index is 1.43. The van der Waals surface area contributed by atoms with Crippen LogP contribution in [-0.2, 0) is 9.59 Å². The van der Waals surface area contributed by atoms with E-state index >= 15 is 0 Å². The van der Waals surface area contributed by atoms with Gasteiger partial charge in [0.25, 0.3) is 0 Å². The van der Waals surface area contributed by atoms with Gasteiger partial charge in [-0.1, -0.05) is 44.2 Å². The predicted molar refractivity (Wildman–Crippen MR) is 131 cm³/mol. The number of hydrogen-bond donors (Lipinski definition) is 3. The Hall–Kier alpha value is -4.00. The fourth-order valence-electron chi connectivity index (χ4n) is 2.88. The molecule has 0 saturated heterocycles. The van der Waals surface area contributed by atoms with Crippen molar-refractivity contribution >= 4 is 28.9 Å². The standard InChI is InChI=1S/C26H29N3O4/c1-19(2)26(31)29-22-10-6-9-21(16-22)28-25(30)18-27-20-8-7-13-24(17-20)33-15-14-32-23-11-4-3-5-12-23/h3-13,16-17,19,27H,14-15,18H2,1-2H3,(H,28,30)(H,29,31). The van der Waals surface area contributed by atoms with Crippen LogP contribution in [0.2, 0.25) is 0 Å². The van der Waals surface area contributed by atoms with Crippen molar-refractivity contribution in [3.05, 3.63) is 78.9 Å². The van der Waals surface area contributed by atoms with E-state index in [1.807, 2.05) is 68.4 Å². The lowest BCUT2D eigenvalue weighted by Gasteiger charge is -2.12. The molecule has 0 aliphatic rings. The summed E-state index contributed by atoms with van der Waals surface area (Å²) >= 11 is 0. The van der Waals surface area contributed by atoms with Crippen molar-refractivity contribution in [3.63, 3.8) is 0 Å². The summed E-state index contributed by atoms with van der Waals surface area (Å²) in [5, 5.41) is 8.74. The van der Waals surface area contributed by atoms with Crippen molar-refractivity contribution in [2.75, 3.05) is 35.7 Å². The molecule has 7 nitrogen and oxygen atoms in total. The first-order chi connectivity index (χ1) is 16.0. The summed E-state index contributed by atoms with van der Waals surface area (Å²) in [6, 6.07) is 24.0. The molecule has 0 unspecified atom stereocenters. The third kappa shape index (κ3) is 8.22. The highest BCUT2D eigenvalue weighted by atomic mass is 16.5. The second-order valence-corrected chi connectivity index (χ2v) is 7.66. The maximum absolute atomic E-state index is 12.3. The van der Waals surface area contributed by atoms with Crippen LogP contribution in [0, 0.1) is 5.92 Å². The summed E-state index contributed by atoms with van der Waals surface area (Å²) in [7, 11) is 0. The van der Waals surface area contributed by atoms with Crippen LogP contribution in [0.1, 0.15) is 13.8 Å². The van der Waals surface area contributed by atoms with Crippen molar-refractivity contribution in [3.8, 4) is 11.5 Å². The first-order valence-electron chi connectivity index (χ1n) is 10.8. The van der Waals surface area contributed by atoms with Gasteiger partial charge in [0.15, 0.2) is 0 Å². The minimum Gasteiger partial charge on any atom is -0.490 e. The van der Waals surface area contributed by atoms with E-state index in [1.54, 1.807) is 24.3 Å². The summed E-state index contributed by atoms with van der Waals surface area (Å²) in [6.45, 7) is 4.57. The topological polar surface area (TPSA) is 88.7 Å². The Morgan fingerprint density at radius 2 is 1.33 bits per heavy atom. The van der Waals surface area contributed by atoms with Gasteiger partial charge < -0.3 is 25.4 Å².